The Bertz CT molecular complexity index is 3610. The predicted octanol–water partition coefficient (Wildman–Crippen LogP) is 7.52. The molecule has 8 heterocycles. The summed E-state index contributed by atoms with van der Waals surface area (Å²) in [5, 5.41) is 27.0. The number of amides is 1. The summed E-state index contributed by atoms with van der Waals surface area (Å²) >= 11 is 0. The highest BCUT2D eigenvalue weighted by Gasteiger charge is 2.57. The fourth-order valence-corrected chi connectivity index (χ4v) is 12.5. The van der Waals surface area contributed by atoms with E-state index in [1.165, 1.54) is 40.1 Å². The topological polar surface area (TPSA) is 374 Å². The molecule has 0 spiro atoms. The van der Waals surface area contributed by atoms with E-state index in [9.17, 15) is 35.2 Å². The molecule has 0 saturated carbocycles. The normalized spacial score (nSPS) is 26.6. The summed E-state index contributed by atoms with van der Waals surface area (Å²) in [6.45, 7) is 7.92. The van der Waals surface area contributed by atoms with Gasteiger partial charge in [-0.05, 0) is 41.4 Å². The van der Waals surface area contributed by atoms with Crippen molar-refractivity contribution in [3.63, 3.8) is 0 Å². The van der Waals surface area contributed by atoms with E-state index in [-0.39, 0.29) is 58.5 Å². The zero-order valence-electron chi connectivity index (χ0n) is 42.8. The Hall–Kier alpha value is -7.13. The van der Waals surface area contributed by atoms with Crippen LogP contribution in [0.3, 0.4) is 0 Å². The monoisotopic (exact) mass is 1140 g/mol. The average Bonchev–Trinajstić information content (AvgIpc) is 4.16. The van der Waals surface area contributed by atoms with E-state index in [4.69, 9.17) is 41.3 Å². The fraction of sp³-hybridized carbons (Fsp3) is 0.435. The lowest BCUT2D eigenvalue weighted by atomic mass is 10.1. The van der Waals surface area contributed by atoms with Gasteiger partial charge in [0.25, 0.3) is 11.6 Å². The van der Waals surface area contributed by atoms with Crippen molar-refractivity contribution in [1.82, 2.24) is 43.4 Å². The van der Waals surface area contributed by atoms with Gasteiger partial charge in [-0.25, -0.2) is 34.0 Å². The van der Waals surface area contributed by atoms with Crippen molar-refractivity contribution in [2.75, 3.05) is 31.7 Å². The zero-order valence-corrected chi connectivity index (χ0v) is 45.6. The lowest BCUT2D eigenvalue weighted by molar-refractivity contribution is -0.384. The first-order valence-electron chi connectivity index (χ1n) is 24.5. The molecule has 2 N–H and O–H groups in total. The van der Waals surface area contributed by atoms with Crippen LogP contribution in [0.4, 0.5) is 11.5 Å². The van der Waals surface area contributed by atoms with Gasteiger partial charge in [0.1, 0.15) is 49.1 Å². The molecule has 3 fully saturated rings. The van der Waals surface area contributed by atoms with Crippen LogP contribution >= 0.6 is 15.6 Å². The second-order valence-corrected chi connectivity index (χ2v) is 27.6. The van der Waals surface area contributed by atoms with Crippen molar-refractivity contribution in [3.05, 3.63) is 118 Å². The number of carbonyl (C=O) groups is 1. The first-order valence-corrected chi connectivity index (χ1v) is 30.4. The summed E-state index contributed by atoms with van der Waals surface area (Å²) in [6, 6.07) is 14.8. The number of non-ortho nitro benzene ring substituents is 1. The highest BCUT2D eigenvalue weighted by atomic mass is 31.2. The van der Waals surface area contributed by atoms with Crippen LogP contribution in [0, 0.1) is 21.4 Å². The van der Waals surface area contributed by atoms with E-state index in [1.54, 1.807) is 53.1 Å². The van der Waals surface area contributed by atoms with Gasteiger partial charge in [0.05, 0.1) is 56.5 Å². The first kappa shape index (κ1) is 55.2. The van der Waals surface area contributed by atoms with Gasteiger partial charge in [-0.1, -0.05) is 56.2 Å². The molecule has 10 atom stereocenters. The number of benzene rings is 2. The van der Waals surface area contributed by atoms with E-state index < -0.39 is 109 Å². The van der Waals surface area contributed by atoms with Crippen LogP contribution in [0.5, 0.6) is 5.88 Å². The molecular formula is C46H51N15O15P2Si. The van der Waals surface area contributed by atoms with Crippen LogP contribution < -0.4 is 10.1 Å². The highest BCUT2D eigenvalue weighted by molar-refractivity contribution is 7.48. The van der Waals surface area contributed by atoms with E-state index in [1.807, 2.05) is 39.9 Å². The van der Waals surface area contributed by atoms with Gasteiger partial charge < -0.3 is 28.8 Å². The summed E-state index contributed by atoms with van der Waals surface area (Å²) in [7, 11) is -13.2. The molecule has 79 heavy (non-hydrogen) atoms. The molecule has 1 amide bonds. The molecule has 414 valence electrons. The van der Waals surface area contributed by atoms with E-state index in [0.717, 1.165) is 11.9 Å². The van der Waals surface area contributed by atoms with Crippen molar-refractivity contribution >= 4 is 69.5 Å². The molecule has 2 aromatic carbocycles. The number of azide groups is 1. The van der Waals surface area contributed by atoms with E-state index in [0.29, 0.717) is 12.0 Å². The number of hydrogen-bond acceptors (Lipinski definition) is 22. The van der Waals surface area contributed by atoms with Crippen molar-refractivity contribution in [3.8, 4) is 11.9 Å². The molecule has 3 aliphatic heterocycles. The Labute approximate surface area is 449 Å². The third kappa shape index (κ3) is 11.4. The van der Waals surface area contributed by atoms with Crippen molar-refractivity contribution in [2.24, 2.45) is 5.11 Å². The lowest BCUT2D eigenvalue weighted by Crippen LogP contribution is -2.50. The van der Waals surface area contributed by atoms with Crippen LogP contribution in [-0.4, -0.2) is 130 Å². The van der Waals surface area contributed by atoms with E-state index in [2.05, 4.69) is 45.2 Å². The van der Waals surface area contributed by atoms with Gasteiger partial charge in [-0.15, -0.1) is 0 Å². The molecular weight excluding hydrogens is 1090 g/mol. The van der Waals surface area contributed by atoms with Gasteiger partial charge >= 0.3 is 15.6 Å². The number of nitro groups is 1. The fourth-order valence-electron chi connectivity index (χ4n) is 8.87. The maximum atomic E-state index is 15.5. The Kier molecular flexibility index (Phi) is 15.5. The molecule has 10 rings (SSSR count). The number of hydrogen-bond donors (Lipinski definition) is 2. The highest BCUT2D eigenvalue weighted by Crippen LogP contribution is 2.58. The number of carbonyl (C=O) groups excluding carboxylic acids is 1. The summed E-state index contributed by atoms with van der Waals surface area (Å²) in [5.41, 5.74) is 11.6. The third-order valence-electron chi connectivity index (χ3n) is 13.8. The number of fused-ring (bicyclic) bond motifs is 7. The Morgan fingerprint density at radius 3 is 2.44 bits per heavy atom. The number of rotatable bonds is 15. The number of nitro benzene ring substituents is 1. The van der Waals surface area contributed by atoms with Crippen molar-refractivity contribution < 1.29 is 65.0 Å². The molecule has 3 saturated heterocycles. The summed E-state index contributed by atoms with van der Waals surface area (Å²) in [5.74, 6) is -0.245. The Morgan fingerprint density at radius 2 is 1.71 bits per heavy atom. The van der Waals surface area contributed by atoms with Crippen LogP contribution in [0.1, 0.15) is 55.6 Å². The summed E-state index contributed by atoms with van der Waals surface area (Å²) < 4.78 is 91.0. The van der Waals surface area contributed by atoms with Crippen molar-refractivity contribution in [2.45, 2.75) is 101 Å². The van der Waals surface area contributed by atoms with E-state index >= 15 is 4.57 Å². The molecule has 33 heteroatoms. The number of imidazole rings is 3. The Morgan fingerprint density at radius 1 is 0.975 bits per heavy atom. The number of nitriles is 1. The van der Waals surface area contributed by atoms with Crippen molar-refractivity contribution in [1.29, 1.82) is 5.26 Å². The second-order valence-electron chi connectivity index (χ2n) is 19.8. The molecule has 7 aromatic rings. The Balaban J connectivity index is 1.02. The minimum atomic E-state index is -5.28. The number of phosphoric acid groups is 2. The van der Waals surface area contributed by atoms with Gasteiger partial charge in [0.15, 0.2) is 42.7 Å². The number of ether oxygens (including phenoxy) is 3. The number of aromatic nitrogens is 9. The van der Waals surface area contributed by atoms with Gasteiger partial charge in [0, 0.05) is 41.4 Å². The van der Waals surface area contributed by atoms with Crippen LogP contribution in [0.2, 0.25) is 18.1 Å². The second kappa shape index (κ2) is 22.2. The summed E-state index contributed by atoms with van der Waals surface area (Å²) in [6.07, 6.45) is -3.14. The number of anilines is 1. The molecule has 2 unspecified atom stereocenters. The predicted molar refractivity (Wildman–Crippen MR) is 276 cm³/mol. The number of nitrogens with zero attached hydrogens (tertiary/aromatic N) is 14. The minimum absolute atomic E-state index is 0.0188. The average molecular weight is 1140 g/mol. The molecule has 3 aliphatic rings. The summed E-state index contributed by atoms with van der Waals surface area (Å²) in [4.78, 5) is 65.3. The molecule has 2 bridgehead atoms. The number of phosphoric ester groups is 2. The maximum Gasteiger partial charge on any atom is 0.475 e. The van der Waals surface area contributed by atoms with Gasteiger partial charge in [-0.2, -0.15) is 10.2 Å². The smallest absolute Gasteiger partial charge is 0.475 e. The van der Waals surface area contributed by atoms with Crippen LogP contribution in [0.15, 0.2) is 91.1 Å². The molecule has 5 aromatic heterocycles. The first-order chi connectivity index (χ1) is 37.8. The van der Waals surface area contributed by atoms with Crippen LogP contribution in [-0.2, 0) is 52.1 Å². The zero-order chi connectivity index (χ0) is 55.9. The quantitative estimate of drug-likeness (QED) is 0.0146. The van der Waals surface area contributed by atoms with Gasteiger partial charge in [0.2, 0.25) is 11.7 Å². The minimum Gasteiger partial charge on any atom is -0.476 e. The van der Waals surface area contributed by atoms with Gasteiger partial charge in [-0.3, -0.25) is 51.1 Å². The largest absolute Gasteiger partial charge is 0.476 e. The maximum absolute atomic E-state index is 15.5. The van der Waals surface area contributed by atoms with Crippen LogP contribution in [0.25, 0.3) is 38.5 Å². The standard InChI is InChI=1S/C46H51N15O15P2Si/c1-46(2,3)79(4,5)76-36-31-22-70-77(65,66)74-35-30(72-43(32(35)56-57-48)59-25-52-33-38(50-24-51-39(33)59)54-40(62)28-10-7-6-8-11-28)23-71-78(67,69-20-9-17-47)75-37(36)44(73-31)60-26-53-34-41(55-45-49-18-19-58(45)42(34)60)68-21-16-27-12-14-29(15-13-27)61(63)64/h6-8,10-15,18-19,24-26,30-32,35-37,43-44H,9,16,20-23H2,1-5H3,(H,65,66)(H,50,51,54,62)/t30-,31-,32-,35-,36-,37-,43-,44-,78?/m1/s1. The molecule has 0 aliphatic carbocycles. The third-order valence-corrected chi connectivity index (χ3v) is 20.7. The SMILES string of the molecule is CC(C)(C)[Si](C)(C)O[C@H]1[C@H]2OP(=O)(OCCC#N)OC[C@H]3O[C@@H](n4cnc5c(NC(=O)c6ccccc6)ncnc54)[C@H](N=[N+]=[N-])[C@@H]3OP(=O)(O)OC[C@H]1O[C@H]2n1cnc2c(OCCc3ccc([N+](=O)[O-])cc3)nc3nccn3c21. The molecule has 30 nitrogen and oxygen atoms in total. The number of nitrogens with one attached hydrogen (secondary N) is 1. The lowest BCUT2D eigenvalue weighted by Gasteiger charge is -2.40. The molecule has 0 radical (unpaired) electrons.